The van der Waals surface area contributed by atoms with Crippen molar-refractivity contribution in [3.05, 3.63) is 65.2 Å². The van der Waals surface area contributed by atoms with Gasteiger partial charge < -0.3 is 20.1 Å². The molecule has 2 aliphatic heterocycles. The number of amides is 3. The van der Waals surface area contributed by atoms with Crippen LogP contribution in [0.3, 0.4) is 0 Å². The van der Waals surface area contributed by atoms with Gasteiger partial charge in [-0.2, -0.15) is 0 Å². The maximum atomic E-state index is 13.2. The van der Waals surface area contributed by atoms with Crippen molar-refractivity contribution in [2.75, 3.05) is 18.4 Å². The Kier molecular flexibility index (Phi) is 5.07. The number of nitrogens with one attached hydrogen (secondary N) is 2. The summed E-state index contributed by atoms with van der Waals surface area (Å²) in [5.41, 5.74) is 2.46. The van der Waals surface area contributed by atoms with E-state index in [0.717, 1.165) is 16.7 Å². The van der Waals surface area contributed by atoms with Gasteiger partial charge in [-0.05, 0) is 24.6 Å². The van der Waals surface area contributed by atoms with E-state index in [0.29, 0.717) is 18.7 Å². The summed E-state index contributed by atoms with van der Waals surface area (Å²) in [6, 6.07) is 14.0. The molecule has 156 valence electrons. The smallest absolute Gasteiger partial charge is 0.412 e. The van der Waals surface area contributed by atoms with Crippen molar-refractivity contribution in [3.8, 4) is 0 Å². The topological polar surface area (TPSA) is 108 Å². The van der Waals surface area contributed by atoms with Crippen LogP contribution in [-0.4, -0.2) is 47.2 Å². The zero-order chi connectivity index (χ0) is 21.3. The molecule has 0 aromatic heterocycles. The van der Waals surface area contributed by atoms with Crippen molar-refractivity contribution in [3.63, 3.8) is 0 Å². The quantitative estimate of drug-likeness (QED) is 0.720. The molecule has 4 rings (SSSR count). The number of carbonyl (C=O) groups is 3. The Morgan fingerprint density at radius 3 is 2.77 bits per heavy atom. The van der Waals surface area contributed by atoms with Crippen LogP contribution in [0.15, 0.2) is 48.5 Å². The maximum Gasteiger partial charge on any atom is 0.412 e. The van der Waals surface area contributed by atoms with Gasteiger partial charge in [0, 0.05) is 24.9 Å². The Balaban J connectivity index is 1.58. The second kappa shape index (κ2) is 7.70. The van der Waals surface area contributed by atoms with E-state index >= 15 is 0 Å². The molecule has 1 fully saturated rings. The first-order valence-electron chi connectivity index (χ1n) is 9.80. The first-order chi connectivity index (χ1) is 14.4. The van der Waals surface area contributed by atoms with Crippen LogP contribution in [0.4, 0.5) is 15.3 Å². The maximum absolute atomic E-state index is 13.2. The number of rotatable bonds is 4. The summed E-state index contributed by atoms with van der Waals surface area (Å²) in [4.78, 5) is 38.2. The van der Waals surface area contributed by atoms with E-state index in [2.05, 4.69) is 10.6 Å². The molecule has 2 aromatic rings. The Labute approximate surface area is 173 Å². The van der Waals surface area contributed by atoms with Crippen molar-refractivity contribution in [1.82, 2.24) is 10.2 Å². The number of fused-ring (bicyclic) bond motifs is 2. The van der Waals surface area contributed by atoms with Gasteiger partial charge >= 0.3 is 12.2 Å². The Morgan fingerprint density at radius 2 is 2.03 bits per heavy atom. The van der Waals surface area contributed by atoms with Crippen molar-refractivity contribution >= 4 is 23.8 Å². The third-order valence-corrected chi connectivity index (χ3v) is 5.61. The summed E-state index contributed by atoms with van der Waals surface area (Å²) < 4.78 is 5.70. The molecule has 8 nitrogen and oxygen atoms in total. The van der Waals surface area contributed by atoms with Crippen LogP contribution < -0.4 is 10.6 Å². The van der Waals surface area contributed by atoms with Crippen LogP contribution in [0.25, 0.3) is 0 Å². The average molecular weight is 409 g/mol. The van der Waals surface area contributed by atoms with E-state index in [-0.39, 0.29) is 18.9 Å². The molecule has 1 spiro atoms. The number of nitrogens with zero attached hydrogens (tertiary/aromatic N) is 1. The first-order valence-corrected chi connectivity index (χ1v) is 9.80. The highest BCUT2D eigenvalue weighted by atomic mass is 16.6. The molecular formula is C22H23N3O5. The molecule has 2 heterocycles. The molecule has 3 amide bonds. The van der Waals surface area contributed by atoms with Gasteiger partial charge in [-0.25, -0.2) is 9.59 Å². The molecule has 30 heavy (non-hydrogen) atoms. The highest BCUT2D eigenvalue weighted by Crippen LogP contribution is 2.43. The highest BCUT2D eigenvalue weighted by Gasteiger charge is 2.49. The van der Waals surface area contributed by atoms with Gasteiger partial charge in [0.25, 0.3) is 0 Å². The van der Waals surface area contributed by atoms with E-state index < -0.39 is 23.8 Å². The highest BCUT2D eigenvalue weighted by molar-refractivity contribution is 5.90. The summed E-state index contributed by atoms with van der Waals surface area (Å²) in [5, 5.41) is 14.3. The zero-order valence-electron chi connectivity index (χ0n) is 16.6. The SMILES string of the molecule is Cc1ccc2c(c1)C1(CCN(C(=O)[C@H](Cc3ccccc3)NC(=O)O)C1)OC(=O)N2. The van der Waals surface area contributed by atoms with Crippen molar-refractivity contribution in [2.45, 2.75) is 31.4 Å². The van der Waals surface area contributed by atoms with E-state index in [1.54, 1.807) is 4.90 Å². The number of anilines is 1. The minimum atomic E-state index is -1.26. The van der Waals surface area contributed by atoms with E-state index in [4.69, 9.17) is 4.74 Å². The third-order valence-electron chi connectivity index (χ3n) is 5.61. The van der Waals surface area contributed by atoms with Gasteiger partial charge in [0.2, 0.25) is 5.91 Å². The van der Waals surface area contributed by atoms with Crippen molar-refractivity contribution in [2.24, 2.45) is 0 Å². The van der Waals surface area contributed by atoms with Crippen LogP contribution in [0.1, 0.15) is 23.1 Å². The summed E-state index contributed by atoms with van der Waals surface area (Å²) in [5.74, 6) is -0.332. The minimum Gasteiger partial charge on any atom is -0.465 e. The van der Waals surface area contributed by atoms with Gasteiger partial charge in [-0.1, -0.05) is 42.0 Å². The normalized spacial score (nSPS) is 20.8. The lowest BCUT2D eigenvalue weighted by atomic mass is 9.89. The molecule has 8 heteroatoms. The molecular weight excluding hydrogens is 386 g/mol. The molecule has 0 bridgehead atoms. The number of hydrogen-bond acceptors (Lipinski definition) is 4. The van der Waals surface area contributed by atoms with Crippen LogP contribution in [0, 0.1) is 6.92 Å². The molecule has 1 unspecified atom stereocenters. The van der Waals surface area contributed by atoms with Crippen LogP contribution in [-0.2, 0) is 21.6 Å². The fourth-order valence-corrected chi connectivity index (χ4v) is 4.20. The third kappa shape index (κ3) is 3.80. The summed E-state index contributed by atoms with van der Waals surface area (Å²) in [6.07, 6.45) is -1.11. The summed E-state index contributed by atoms with van der Waals surface area (Å²) in [7, 11) is 0. The predicted molar refractivity (Wildman–Crippen MR) is 109 cm³/mol. The largest absolute Gasteiger partial charge is 0.465 e. The Bertz CT molecular complexity index is 994. The molecule has 3 N–H and O–H groups in total. The number of likely N-dealkylation sites (tertiary alicyclic amines) is 1. The van der Waals surface area contributed by atoms with Gasteiger partial charge in [0.15, 0.2) is 5.60 Å². The molecule has 0 aliphatic carbocycles. The van der Waals surface area contributed by atoms with E-state index in [1.807, 2.05) is 55.5 Å². The Morgan fingerprint density at radius 1 is 1.27 bits per heavy atom. The predicted octanol–water partition coefficient (Wildman–Crippen LogP) is 2.86. The molecule has 2 aliphatic rings. The van der Waals surface area contributed by atoms with Gasteiger partial charge in [0.05, 0.1) is 12.2 Å². The minimum absolute atomic E-state index is 0.183. The molecule has 0 saturated carbocycles. The number of hydrogen-bond donors (Lipinski definition) is 3. The zero-order valence-corrected chi connectivity index (χ0v) is 16.6. The number of benzene rings is 2. The van der Waals surface area contributed by atoms with Gasteiger partial charge in [-0.3, -0.25) is 10.1 Å². The lowest BCUT2D eigenvalue weighted by Crippen LogP contribution is -2.50. The van der Waals surface area contributed by atoms with Gasteiger partial charge in [0.1, 0.15) is 6.04 Å². The number of ether oxygens (including phenoxy) is 1. The fraction of sp³-hybridized carbons (Fsp3) is 0.318. The lowest BCUT2D eigenvalue weighted by molar-refractivity contribution is -0.133. The summed E-state index contributed by atoms with van der Waals surface area (Å²) in [6.45, 7) is 2.50. The lowest BCUT2D eigenvalue weighted by Gasteiger charge is -2.36. The molecule has 2 aromatic carbocycles. The van der Waals surface area contributed by atoms with Gasteiger partial charge in [-0.15, -0.1) is 0 Å². The summed E-state index contributed by atoms with van der Waals surface area (Å²) >= 11 is 0. The second-order valence-electron chi connectivity index (χ2n) is 7.76. The monoisotopic (exact) mass is 409 g/mol. The first kappa shape index (κ1) is 19.8. The second-order valence-corrected chi connectivity index (χ2v) is 7.76. The number of carbonyl (C=O) groups excluding carboxylic acids is 2. The Hall–Kier alpha value is -3.55. The number of aryl methyl sites for hydroxylation is 1. The van der Waals surface area contributed by atoms with Crippen molar-refractivity contribution < 1.29 is 24.2 Å². The standard InChI is InChI=1S/C22H23N3O5/c1-14-7-8-17-16(11-14)22(30-21(29)24-17)9-10-25(13-22)19(26)18(23-20(27)28)12-15-5-3-2-4-6-15/h2-8,11,18,23H,9-10,12-13H2,1H3,(H,24,29)(H,27,28)/t18-,22?/m0/s1. The van der Waals surface area contributed by atoms with E-state index in [9.17, 15) is 19.5 Å². The molecule has 0 radical (unpaired) electrons. The van der Waals surface area contributed by atoms with Crippen molar-refractivity contribution in [1.29, 1.82) is 0 Å². The number of carboxylic acid groups (broad SMARTS) is 1. The van der Waals surface area contributed by atoms with E-state index in [1.165, 1.54) is 0 Å². The van der Waals surface area contributed by atoms with Crippen LogP contribution >= 0.6 is 0 Å². The molecule has 2 atom stereocenters. The van der Waals surface area contributed by atoms with Crippen LogP contribution in [0.5, 0.6) is 0 Å². The fourth-order valence-electron chi connectivity index (χ4n) is 4.20. The molecule has 1 saturated heterocycles. The average Bonchev–Trinajstić information content (AvgIpc) is 3.12. The van der Waals surface area contributed by atoms with Crippen LogP contribution in [0.2, 0.25) is 0 Å².